The number of rotatable bonds is 5. The molecule has 2 aromatic carbocycles. The van der Waals surface area contributed by atoms with Crippen molar-refractivity contribution in [3.8, 4) is 0 Å². The maximum Gasteiger partial charge on any atom is 0.416 e. The Balaban J connectivity index is 1.90. The van der Waals surface area contributed by atoms with E-state index in [1.165, 1.54) is 24.3 Å². The number of aliphatic hydroxyl groups is 1. The van der Waals surface area contributed by atoms with Gasteiger partial charge in [-0.3, -0.25) is 4.79 Å². The Labute approximate surface area is 147 Å². The lowest BCUT2D eigenvalue weighted by Gasteiger charge is -2.13. The van der Waals surface area contributed by atoms with Crippen molar-refractivity contribution in [1.29, 1.82) is 0 Å². The molecule has 0 fully saturated rings. The van der Waals surface area contributed by atoms with Gasteiger partial charge in [-0.05, 0) is 35.4 Å². The van der Waals surface area contributed by atoms with Crippen LogP contribution in [-0.2, 0) is 11.0 Å². The van der Waals surface area contributed by atoms with E-state index in [1.54, 1.807) is 24.3 Å². The Bertz CT molecular complexity index is 758. The van der Waals surface area contributed by atoms with E-state index in [4.69, 9.17) is 11.6 Å². The molecule has 0 aliphatic rings. The monoisotopic (exact) mass is 369 g/mol. The van der Waals surface area contributed by atoms with Gasteiger partial charge in [0.25, 0.3) is 0 Å². The fourth-order valence-corrected chi connectivity index (χ4v) is 2.24. The van der Waals surface area contributed by atoms with Gasteiger partial charge >= 0.3 is 6.18 Å². The van der Waals surface area contributed by atoms with Crippen molar-refractivity contribution in [2.24, 2.45) is 0 Å². The van der Waals surface area contributed by atoms with Crippen LogP contribution in [0.15, 0.2) is 54.6 Å². The van der Waals surface area contributed by atoms with Gasteiger partial charge in [0.1, 0.15) is 0 Å². The van der Waals surface area contributed by atoms with E-state index in [1.807, 2.05) is 0 Å². The number of carbonyl (C=O) groups is 1. The van der Waals surface area contributed by atoms with Crippen molar-refractivity contribution in [3.05, 3.63) is 76.3 Å². The lowest BCUT2D eigenvalue weighted by molar-refractivity contribution is -0.137. The van der Waals surface area contributed by atoms with Crippen LogP contribution in [0.25, 0.3) is 6.08 Å². The third-order valence-electron chi connectivity index (χ3n) is 3.41. The normalized spacial score (nSPS) is 13.0. The molecule has 1 amide bonds. The first-order valence-corrected chi connectivity index (χ1v) is 7.71. The van der Waals surface area contributed by atoms with E-state index in [0.29, 0.717) is 10.6 Å². The molecule has 0 radical (unpaired) electrons. The molecule has 0 aliphatic heterocycles. The average molecular weight is 370 g/mol. The molecule has 0 aromatic heterocycles. The summed E-state index contributed by atoms with van der Waals surface area (Å²) in [5.74, 6) is -0.453. The predicted molar refractivity (Wildman–Crippen MR) is 89.9 cm³/mol. The molecular weight excluding hydrogens is 355 g/mol. The van der Waals surface area contributed by atoms with Gasteiger partial charge in [0.2, 0.25) is 5.91 Å². The van der Waals surface area contributed by atoms with E-state index in [2.05, 4.69) is 5.32 Å². The van der Waals surface area contributed by atoms with Crippen LogP contribution in [0.4, 0.5) is 13.2 Å². The summed E-state index contributed by atoms with van der Waals surface area (Å²) in [5, 5.41) is 12.9. The van der Waals surface area contributed by atoms with Crippen molar-refractivity contribution >= 4 is 23.6 Å². The molecule has 0 spiro atoms. The zero-order valence-electron chi connectivity index (χ0n) is 12.9. The van der Waals surface area contributed by atoms with Crippen LogP contribution in [0.3, 0.4) is 0 Å². The fourth-order valence-electron chi connectivity index (χ4n) is 2.04. The Kier molecular flexibility index (Phi) is 6.22. The molecule has 2 N–H and O–H groups in total. The number of benzene rings is 2. The van der Waals surface area contributed by atoms with Crippen molar-refractivity contribution in [2.75, 3.05) is 6.54 Å². The molecule has 0 saturated carbocycles. The number of amides is 1. The number of nitrogens with one attached hydrogen (secondary N) is 1. The Morgan fingerprint density at radius 3 is 2.40 bits per heavy atom. The molecule has 0 aliphatic carbocycles. The Morgan fingerprint density at radius 2 is 1.80 bits per heavy atom. The molecule has 1 atom stereocenters. The number of halogens is 4. The average Bonchev–Trinajstić information content (AvgIpc) is 2.58. The summed E-state index contributed by atoms with van der Waals surface area (Å²) in [6, 6.07) is 11.1. The molecule has 7 heteroatoms. The molecule has 25 heavy (non-hydrogen) atoms. The van der Waals surface area contributed by atoms with Crippen LogP contribution in [0.2, 0.25) is 5.02 Å². The van der Waals surface area contributed by atoms with Crippen LogP contribution in [0, 0.1) is 0 Å². The second-order valence-corrected chi connectivity index (χ2v) is 5.64. The van der Waals surface area contributed by atoms with Crippen molar-refractivity contribution in [1.82, 2.24) is 5.32 Å². The number of carbonyl (C=O) groups excluding carboxylic acids is 1. The smallest absolute Gasteiger partial charge is 0.387 e. The molecule has 0 unspecified atom stereocenters. The van der Waals surface area contributed by atoms with Gasteiger partial charge in [-0.2, -0.15) is 13.2 Å². The minimum atomic E-state index is -4.43. The van der Waals surface area contributed by atoms with Crippen LogP contribution >= 0.6 is 11.6 Å². The first-order valence-electron chi connectivity index (χ1n) is 7.33. The highest BCUT2D eigenvalue weighted by atomic mass is 35.5. The highest BCUT2D eigenvalue weighted by molar-refractivity contribution is 6.32. The molecule has 0 bridgehead atoms. The zero-order chi connectivity index (χ0) is 18.4. The van der Waals surface area contributed by atoms with Gasteiger partial charge < -0.3 is 10.4 Å². The van der Waals surface area contributed by atoms with Crippen molar-refractivity contribution < 1.29 is 23.1 Å². The van der Waals surface area contributed by atoms with Crippen LogP contribution in [0.5, 0.6) is 0 Å². The summed E-state index contributed by atoms with van der Waals surface area (Å²) in [6.07, 6.45) is -2.75. The van der Waals surface area contributed by atoms with Gasteiger partial charge in [-0.15, -0.1) is 0 Å². The second kappa shape index (κ2) is 8.18. The largest absolute Gasteiger partial charge is 0.416 e. The van der Waals surface area contributed by atoms with Gasteiger partial charge in [0.15, 0.2) is 0 Å². The summed E-state index contributed by atoms with van der Waals surface area (Å²) in [6.45, 7) is -0.128. The summed E-state index contributed by atoms with van der Waals surface area (Å²) in [7, 11) is 0. The lowest BCUT2D eigenvalue weighted by atomic mass is 10.1. The molecule has 0 saturated heterocycles. The molecular formula is C18H15ClF3NO2. The topological polar surface area (TPSA) is 49.3 Å². The maximum atomic E-state index is 12.5. The lowest BCUT2D eigenvalue weighted by Crippen LogP contribution is -2.26. The standard InChI is InChI=1S/C18H15ClF3NO2/c19-15-4-2-1-3-12(15)7-10-17(25)23-11-16(24)13-5-8-14(9-6-13)18(20,21)22/h1-10,16,24H,11H2,(H,23,25)/b10-7+/t16-/m1/s1. The van der Waals surface area contributed by atoms with Gasteiger partial charge in [-0.25, -0.2) is 0 Å². The third kappa shape index (κ3) is 5.62. The number of aliphatic hydroxyl groups excluding tert-OH is 1. The number of hydrogen-bond donors (Lipinski definition) is 2. The maximum absolute atomic E-state index is 12.5. The SMILES string of the molecule is O=C(/C=C/c1ccccc1Cl)NC[C@@H](O)c1ccc(C(F)(F)F)cc1. The van der Waals surface area contributed by atoms with Crippen LogP contribution in [-0.4, -0.2) is 17.6 Å². The third-order valence-corrected chi connectivity index (χ3v) is 3.76. The summed E-state index contributed by atoms with van der Waals surface area (Å²) >= 11 is 5.96. The van der Waals surface area contributed by atoms with E-state index in [-0.39, 0.29) is 12.1 Å². The quantitative estimate of drug-likeness (QED) is 0.775. The van der Waals surface area contributed by atoms with E-state index in [9.17, 15) is 23.1 Å². The van der Waals surface area contributed by atoms with E-state index in [0.717, 1.165) is 12.1 Å². The summed E-state index contributed by atoms with van der Waals surface area (Å²) in [5.41, 5.74) is 0.154. The van der Waals surface area contributed by atoms with Gasteiger partial charge in [0, 0.05) is 17.6 Å². The van der Waals surface area contributed by atoms with Crippen molar-refractivity contribution in [2.45, 2.75) is 12.3 Å². The van der Waals surface area contributed by atoms with Gasteiger partial charge in [-0.1, -0.05) is 41.9 Å². The molecule has 2 rings (SSSR count). The summed E-state index contributed by atoms with van der Waals surface area (Å²) in [4.78, 5) is 11.7. The van der Waals surface area contributed by atoms with E-state index >= 15 is 0 Å². The highest BCUT2D eigenvalue weighted by Crippen LogP contribution is 2.29. The molecule has 132 valence electrons. The summed E-state index contributed by atoms with van der Waals surface area (Å²) < 4.78 is 37.5. The molecule has 2 aromatic rings. The first kappa shape index (κ1) is 19.0. The molecule has 0 heterocycles. The van der Waals surface area contributed by atoms with Gasteiger partial charge in [0.05, 0.1) is 11.7 Å². The van der Waals surface area contributed by atoms with Crippen LogP contribution in [0.1, 0.15) is 22.8 Å². The Hall–Kier alpha value is -2.31. The predicted octanol–water partition coefficient (Wildman–Crippen LogP) is 4.22. The van der Waals surface area contributed by atoms with Crippen LogP contribution < -0.4 is 5.32 Å². The Morgan fingerprint density at radius 1 is 1.16 bits per heavy atom. The first-order chi connectivity index (χ1) is 11.8. The zero-order valence-corrected chi connectivity index (χ0v) is 13.7. The second-order valence-electron chi connectivity index (χ2n) is 5.24. The number of alkyl halides is 3. The van der Waals surface area contributed by atoms with E-state index < -0.39 is 23.8 Å². The highest BCUT2D eigenvalue weighted by Gasteiger charge is 2.30. The minimum Gasteiger partial charge on any atom is -0.387 e. The fraction of sp³-hybridized carbons (Fsp3) is 0.167. The minimum absolute atomic E-state index is 0.128. The number of hydrogen-bond acceptors (Lipinski definition) is 2. The van der Waals surface area contributed by atoms with Crippen molar-refractivity contribution in [3.63, 3.8) is 0 Å². The molecule has 3 nitrogen and oxygen atoms in total.